The van der Waals surface area contributed by atoms with E-state index < -0.39 is 10.0 Å². The molecule has 1 aromatic heterocycles. The van der Waals surface area contributed by atoms with Crippen molar-refractivity contribution < 1.29 is 17.9 Å². The number of aromatic amines is 1. The molecule has 0 radical (unpaired) electrons. The highest BCUT2D eigenvalue weighted by Crippen LogP contribution is 2.28. The molecule has 0 aliphatic heterocycles. The van der Waals surface area contributed by atoms with Crippen LogP contribution >= 0.6 is 11.6 Å². The lowest BCUT2D eigenvalue weighted by molar-refractivity contribution is 0.394. The van der Waals surface area contributed by atoms with Crippen molar-refractivity contribution in [1.82, 2.24) is 14.3 Å². The Kier molecular flexibility index (Phi) is 6.70. The van der Waals surface area contributed by atoms with Crippen LogP contribution in [0.25, 0.3) is 22.1 Å². The molecule has 0 unspecified atom stereocenters. The topological polar surface area (TPSA) is 84.5 Å². The van der Waals surface area contributed by atoms with Crippen molar-refractivity contribution in [3.8, 4) is 11.5 Å². The molecule has 160 valence electrons. The number of hydrogen-bond acceptors (Lipinski definition) is 5. The standard InChI is InChI=1S/C21H24ClN3O4S/c1-5-25(6-2)30(26,27)17-7-8-19-20(13-17)24-21(23-19)18(22)11-14-9-15(28-3)12-16(10-14)29-4/h7-13H,5-6H2,1-4H3,(H,23,24). The summed E-state index contributed by atoms with van der Waals surface area (Å²) in [5, 5.41) is 0.370. The fourth-order valence-electron chi connectivity index (χ4n) is 3.10. The van der Waals surface area contributed by atoms with Crippen LogP contribution < -0.4 is 9.47 Å². The summed E-state index contributed by atoms with van der Waals surface area (Å²) in [7, 11) is -0.405. The van der Waals surface area contributed by atoms with E-state index in [-0.39, 0.29) is 4.90 Å². The number of benzene rings is 2. The Morgan fingerprint density at radius 2 is 1.73 bits per heavy atom. The zero-order valence-electron chi connectivity index (χ0n) is 17.3. The molecule has 2 aromatic carbocycles. The zero-order valence-corrected chi connectivity index (χ0v) is 18.8. The Morgan fingerprint density at radius 3 is 2.30 bits per heavy atom. The van der Waals surface area contributed by atoms with Gasteiger partial charge in [0.25, 0.3) is 0 Å². The molecule has 0 fully saturated rings. The van der Waals surface area contributed by atoms with Gasteiger partial charge in [-0.3, -0.25) is 0 Å². The molecular weight excluding hydrogens is 426 g/mol. The highest BCUT2D eigenvalue weighted by molar-refractivity contribution is 7.89. The molecule has 3 aromatic rings. The number of ether oxygens (including phenoxy) is 2. The number of nitrogens with one attached hydrogen (secondary N) is 1. The summed E-state index contributed by atoms with van der Waals surface area (Å²) in [5.74, 6) is 1.72. The van der Waals surface area contributed by atoms with Gasteiger partial charge in [-0.2, -0.15) is 4.31 Å². The van der Waals surface area contributed by atoms with Crippen LogP contribution in [0.1, 0.15) is 25.2 Å². The van der Waals surface area contributed by atoms with E-state index in [9.17, 15) is 8.42 Å². The summed E-state index contributed by atoms with van der Waals surface area (Å²) >= 11 is 6.49. The minimum Gasteiger partial charge on any atom is -0.497 e. The summed E-state index contributed by atoms with van der Waals surface area (Å²) in [6.45, 7) is 4.44. The first-order valence-corrected chi connectivity index (χ1v) is 11.2. The second-order valence-corrected chi connectivity index (χ2v) is 8.84. The molecule has 0 saturated heterocycles. The van der Waals surface area contributed by atoms with E-state index in [4.69, 9.17) is 21.1 Å². The lowest BCUT2D eigenvalue weighted by Crippen LogP contribution is -2.30. The van der Waals surface area contributed by atoms with Gasteiger partial charge in [0.15, 0.2) is 0 Å². The van der Waals surface area contributed by atoms with Crippen molar-refractivity contribution in [2.24, 2.45) is 0 Å². The van der Waals surface area contributed by atoms with Crippen LogP contribution in [0.3, 0.4) is 0 Å². The molecule has 7 nitrogen and oxygen atoms in total. The Labute approximate surface area is 181 Å². The Hall–Kier alpha value is -2.55. The van der Waals surface area contributed by atoms with Crippen LogP contribution in [0.4, 0.5) is 0 Å². The number of sulfonamides is 1. The third kappa shape index (κ3) is 4.45. The van der Waals surface area contributed by atoms with Crippen LogP contribution in [-0.4, -0.2) is 50.0 Å². The van der Waals surface area contributed by atoms with Gasteiger partial charge in [-0.25, -0.2) is 13.4 Å². The van der Waals surface area contributed by atoms with Gasteiger partial charge < -0.3 is 14.5 Å². The van der Waals surface area contributed by atoms with Gasteiger partial charge in [0.1, 0.15) is 17.3 Å². The molecule has 0 saturated carbocycles. The van der Waals surface area contributed by atoms with Crippen molar-refractivity contribution in [3.05, 3.63) is 47.8 Å². The third-order valence-electron chi connectivity index (χ3n) is 4.69. The molecular formula is C21H24ClN3O4S. The summed E-state index contributed by atoms with van der Waals surface area (Å²) < 4.78 is 37.5. The molecule has 30 heavy (non-hydrogen) atoms. The maximum atomic E-state index is 12.8. The number of hydrogen-bond donors (Lipinski definition) is 1. The minimum absolute atomic E-state index is 0.214. The van der Waals surface area contributed by atoms with Gasteiger partial charge in [0.05, 0.1) is 35.2 Å². The maximum Gasteiger partial charge on any atom is 0.243 e. The second kappa shape index (κ2) is 9.07. The van der Waals surface area contributed by atoms with E-state index in [0.29, 0.717) is 46.5 Å². The molecule has 0 amide bonds. The van der Waals surface area contributed by atoms with Crippen molar-refractivity contribution in [2.75, 3.05) is 27.3 Å². The number of fused-ring (bicyclic) bond motifs is 1. The van der Waals surface area contributed by atoms with E-state index in [1.807, 2.05) is 26.0 Å². The van der Waals surface area contributed by atoms with Gasteiger partial charge in [-0.1, -0.05) is 25.4 Å². The van der Waals surface area contributed by atoms with Crippen molar-refractivity contribution in [2.45, 2.75) is 18.7 Å². The Balaban J connectivity index is 1.99. The van der Waals surface area contributed by atoms with Crippen molar-refractivity contribution in [3.63, 3.8) is 0 Å². The smallest absolute Gasteiger partial charge is 0.243 e. The van der Waals surface area contributed by atoms with Gasteiger partial charge in [-0.15, -0.1) is 0 Å². The van der Waals surface area contributed by atoms with Gasteiger partial charge in [-0.05, 0) is 42.0 Å². The highest BCUT2D eigenvalue weighted by atomic mass is 35.5. The van der Waals surface area contributed by atoms with E-state index >= 15 is 0 Å². The first-order chi connectivity index (χ1) is 14.3. The summed E-state index contributed by atoms with van der Waals surface area (Å²) in [4.78, 5) is 7.79. The lowest BCUT2D eigenvalue weighted by Gasteiger charge is -2.18. The van der Waals surface area contributed by atoms with Crippen LogP contribution in [0.2, 0.25) is 0 Å². The number of H-pyrrole nitrogens is 1. The summed E-state index contributed by atoms with van der Waals surface area (Å²) in [6.07, 6.45) is 1.73. The predicted molar refractivity (Wildman–Crippen MR) is 119 cm³/mol. The van der Waals surface area contributed by atoms with Gasteiger partial charge in [0, 0.05) is 19.2 Å². The second-order valence-electron chi connectivity index (χ2n) is 6.49. The molecule has 0 aliphatic carbocycles. The number of aromatic nitrogens is 2. The fraction of sp³-hybridized carbons (Fsp3) is 0.286. The molecule has 1 heterocycles. The molecule has 0 aliphatic rings. The third-order valence-corrected chi connectivity index (χ3v) is 7.02. The number of nitrogens with zero attached hydrogens (tertiary/aromatic N) is 2. The largest absolute Gasteiger partial charge is 0.497 e. The van der Waals surface area contributed by atoms with E-state index in [1.165, 1.54) is 4.31 Å². The SMILES string of the molecule is CCN(CC)S(=O)(=O)c1ccc2nc(C(Cl)=Cc3cc(OC)cc(OC)c3)[nH]c2c1. The predicted octanol–water partition coefficient (Wildman–Crippen LogP) is 4.35. The highest BCUT2D eigenvalue weighted by Gasteiger charge is 2.22. The van der Waals surface area contributed by atoms with E-state index in [1.54, 1.807) is 44.6 Å². The number of halogens is 1. The van der Waals surface area contributed by atoms with Crippen molar-refractivity contribution >= 4 is 43.8 Å². The molecule has 9 heteroatoms. The molecule has 3 rings (SSSR count). The minimum atomic E-state index is -3.56. The fourth-order valence-corrected chi connectivity index (χ4v) is 4.80. The van der Waals surface area contributed by atoms with Crippen molar-refractivity contribution in [1.29, 1.82) is 0 Å². The molecule has 0 bridgehead atoms. The lowest BCUT2D eigenvalue weighted by atomic mass is 10.2. The van der Waals surface area contributed by atoms with Crippen LogP contribution in [0.15, 0.2) is 41.3 Å². The maximum absolute atomic E-state index is 12.8. The number of imidazole rings is 1. The zero-order chi connectivity index (χ0) is 21.9. The van der Waals surface area contributed by atoms with Gasteiger partial charge in [0.2, 0.25) is 10.0 Å². The number of methoxy groups -OCH3 is 2. The summed E-state index contributed by atoms with van der Waals surface area (Å²) in [5.41, 5.74) is 1.99. The molecule has 0 atom stereocenters. The average Bonchev–Trinajstić information content (AvgIpc) is 3.17. The normalized spacial score (nSPS) is 12.5. The van der Waals surface area contributed by atoms with Crippen LogP contribution in [-0.2, 0) is 10.0 Å². The quantitative estimate of drug-likeness (QED) is 0.552. The van der Waals surface area contributed by atoms with E-state index in [0.717, 1.165) is 5.56 Å². The average molecular weight is 450 g/mol. The summed E-state index contributed by atoms with van der Waals surface area (Å²) in [6, 6.07) is 10.2. The monoisotopic (exact) mass is 449 g/mol. The first kappa shape index (κ1) is 22.1. The first-order valence-electron chi connectivity index (χ1n) is 9.43. The Bertz CT molecular complexity index is 1160. The van der Waals surface area contributed by atoms with Crippen LogP contribution in [0.5, 0.6) is 11.5 Å². The molecule has 1 N–H and O–H groups in total. The van der Waals surface area contributed by atoms with E-state index in [2.05, 4.69) is 9.97 Å². The number of rotatable bonds is 8. The Morgan fingerprint density at radius 1 is 1.10 bits per heavy atom. The van der Waals surface area contributed by atoms with Gasteiger partial charge >= 0.3 is 0 Å². The molecule has 0 spiro atoms. The van der Waals surface area contributed by atoms with Crippen LogP contribution in [0, 0.1) is 0 Å².